The molecule has 2 aliphatic heterocycles. The van der Waals surface area contributed by atoms with Crippen LogP contribution in [-0.4, -0.2) is 40.0 Å². The maximum Gasteiger partial charge on any atom is 0.267 e. The number of benzene rings is 1. The normalized spacial score (nSPS) is 18.8. The first-order valence-corrected chi connectivity index (χ1v) is 7.66. The molecule has 3 N–H and O–H groups in total. The molecule has 3 heterocycles. The van der Waals surface area contributed by atoms with Crippen LogP contribution in [0.2, 0.25) is 0 Å². The number of rotatable bonds is 1. The number of carbonyl (C=O) groups excluding carboxylic acids is 1. The second-order valence-electron chi connectivity index (χ2n) is 5.75. The van der Waals surface area contributed by atoms with Gasteiger partial charge in [0.2, 0.25) is 12.1 Å². The summed E-state index contributed by atoms with van der Waals surface area (Å²) in [4.78, 5) is 32.8. The van der Waals surface area contributed by atoms with Crippen LogP contribution in [0.1, 0.15) is 11.3 Å². The number of aromatic nitrogens is 2. The highest BCUT2D eigenvalue weighted by Crippen LogP contribution is 2.31. The Morgan fingerprint density at radius 1 is 1.33 bits per heavy atom. The number of ether oxygens (including phenoxy) is 2. The van der Waals surface area contributed by atoms with Gasteiger partial charge in [-0.1, -0.05) is 12.1 Å². The first-order valence-electron chi connectivity index (χ1n) is 7.66. The highest BCUT2D eigenvalue weighted by atomic mass is 16.6. The van der Waals surface area contributed by atoms with Crippen LogP contribution < -0.4 is 20.8 Å². The van der Waals surface area contributed by atoms with Gasteiger partial charge in [0.25, 0.3) is 11.5 Å². The Labute approximate surface area is 137 Å². The van der Waals surface area contributed by atoms with Crippen LogP contribution in [0.3, 0.4) is 0 Å². The van der Waals surface area contributed by atoms with E-state index in [1.54, 1.807) is 17.0 Å². The summed E-state index contributed by atoms with van der Waals surface area (Å²) in [5.74, 6) is 1.06. The van der Waals surface area contributed by atoms with Crippen molar-refractivity contribution in [2.75, 3.05) is 18.9 Å². The zero-order chi connectivity index (χ0) is 16.7. The fourth-order valence-corrected chi connectivity index (χ4v) is 2.99. The van der Waals surface area contributed by atoms with Crippen LogP contribution in [0.15, 0.2) is 29.1 Å². The fourth-order valence-electron chi connectivity index (χ4n) is 2.99. The minimum Gasteiger partial charge on any atom is -0.485 e. The van der Waals surface area contributed by atoms with Crippen LogP contribution >= 0.6 is 0 Å². The van der Waals surface area contributed by atoms with Crippen molar-refractivity contribution >= 4 is 11.9 Å². The van der Waals surface area contributed by atoms with E-state index in [1.807, 2.05) is 12.1 Å². The van der Waals surface area contributed by atoms with E-state index in [2.05, 4.69) is 9.97 Å². The van der Waals surface area contributed by atoms with Crippen molar-refractivity contribution < 1.29 is 14.3 Å². The second kappa shape index (κ2) is 5.55. The number of fused-ring (bicyclic) bond motifs is 2. The van der Waals surface area contributed by atoms with E-state index in [4.69, 9.17) is 15.2 Å². The Kier molecular flexibility index (Phi) is 3.37. The lowest BCUT2D eigenvalue weighted by Crippen LogP contribution is -2.48. The topological polar surface area (TPSA) is 111 Å². The molecule has 0 saturated heterocycles. The van der Waals surface area contributed by atoms with Gasteiger partial charge in [0.05, 0.1) is 12.2 Å². The Hall–Kier alpha value is -3.03. The molecule has 1 aromatic carbocycles. The summed E-state index contributed by atoms with van der Waals surface area (Å²) in [6, 6.07) is 7.24. The molecular weight excluding hydrogens is 312 g/mol. The number of anilines is 1. The number of para-hydroxylation sites is 2. The zero-order valence-electron chi connectivity index (χ0n) is 12.8. The summed E-state index contributed by atoms with van der Waals surface area (Å²) in [5.41, 5.74) is 6.46. The van der Waals surface area contributed by atoms with Gasteiger partial charge in [-0.25, -0.2) is 4.98 Å². The third-order valence-electron chi connectivity index (χ3n) is 4.19. The SMILES string of the molecule is Nc1nc2c(c(=O)[nH]1)CCN(C(=O)C1COc3ccccc3O1)C2. The average Bonchev–Trinajstić information content (AvgIpc) is 2.60. The Morgan fingerprint density at radius 2 is 2.12 bits per heavy atom. The summed E-state index contributed by atoms with van der Waals surface area (Å²) in [6.45, 7) is 0.829. The number of amides is 1. The number of carbonyl (C=O) groups is 1. The molecule has 1 aromatic heterocycles. The predicted octanol–water partition coefficient (Wildman–Crippen LogP) is 0.0768. The molecule has 0 spiro atoms. The number of hydrogen-bond donors (Lipinski definition) is 2. The van der Waals surface area contributed by atoms with Gasteiger partial charge in [-0.3, -0.25) is 14.6 Å². The van der Waals surface area contributed by atoms with Crippen LogP contribution in [0, 0.1) is 0 Å². The van der Waals surface area contributed by atoms with Gasteiger partial charge in [0.1, 0.15) is 6.61 Å². The van der Waals surface area contributed by atoms with Gasteiger partial charge in [0.15, 0.2) is 11.5 Å². The molecule has 0 radical (unpaired) electrons. The molecule has 1 atom stereocenters. The summed E-state index contributed by atoms with van der Waals surface area (Å²) in [7, 11) is 0. The molecule has 24 heavy (non-hydrogen) atoms. The number of nitrogen functional groups attached to an aromatic ring is 1. The highest BCUT2D eigenvalue weighted by molar-refractivity contribution is 5.82. The van der Waals surface area contributed by atoms with E-state index in [-0.39, 0.29) is 30.6 Å². The molecule has 124 valence electrons. The van der Waals surface area contributed by atoms with E-state index >= 15 is 0 Å². The summed E-state index contributed by atoms with van der Waals surface area (Å²) in [5, 5.41) is 0. The molecule has 1 amide bonds. The highest BCUT2D eigenvalue weighted by Gasteiger charge is 2.33. The quantitative estimate of drug-likeness (QED) is 0.767. The number of nitrogens with two attached hydrogens (primary N) is 1. The monoisotopic (exact) mass is 328 g/mol. The molecule has 0 fully saturated rings. The molecule has 8 nitrogen and oxygen atoms in total. The number of aromatic amines is 1. The van der Waals surface area contributed by atoms with Gasteiger partial charge in [0, 0.05) is 12.1 Å². The van der Waals surface area contributed by atoms with Crippen molar-refractivity contribution in [2.24, 2.45) is 0 Å². The molecule has 0 saturated carbocycles. The lowest BCUT2D eigenvalue weighted by atomic mass is 10.1. The van der Waals surface area contributed by atoms with Crippen molar-refractivity contribution in [1.82, 2.24) is 14.9 Å². The zero-order valence-corrected chi connectivity index (χ0v) is 12.8. The van der Waals surface area contributed by atoms with E-state index in [0.717, 1.165) is 0 Å². The number of nitrogens with zero attached hydrogens (tertiary/aromatic N) is 2. The fraction of sp³-hybridized carbons (Fsp3) is 0.312. The molecule has 0 aliphatic carbocycles. The average molecular weight is 328 g/mol. The maximum atomic E-state index is 12.7. The molecule has 2 aromatic rings. The first kappa shape index (κ1) is 14.6. The summed E-state index contributed by atoms with van der Waals surface area (Å²) in [6.07, 6.45) is -0.269. The van der Waals surface area contributed by atoms with Crippen molar-refractivity contribution in [3.63, 3.8) is 0 Å². The van der Waals surface area contributed by atoms with E-state index in [0.29, 0.717) is 35.7 Å². The number of H-pyrrole nitrogens is 1. The van der Waals surface area contributed by atoms with Crippen LogP contribution in [0.25, 0.3) is 0 Å². The van der Waals surface area contributed by atoms with Crippen molar-refractivity contribution in [2.45, 2.75) is 19.1 Å². The molecule has 8 heteroatoms. The number of nitrogens with one attached hydrogen (secondary N) is 1. The third kappa shape index (κ3) is 2.45. The third-order valence-corrected chi connectivity index (χ3v) is 4.19. The lowest BCUT2D eigenvalue weighted by Gasteiger charge is -2.32. The molecular formula is C16H16N4O4. The van der Waals surface area contributed by atoms with Gasteiger partial charge in [-0.2, -0.15) is 0 Å². The minimum atomic E-state index is -0.708. The Morgan fingerprint density at radius 3 is 2.96 bits per heavy atom. The maximum absolute atomic E-state index is 12.7. The molecule has 2 aliphatic rings. The van der Waals surface area contributed by atoms with Crippen LogP contribution in [0.4, 0.5) is 5.95 Å². The largest absolute Gasteiger partial charge is 0.485 e. The van der Waals surface area contributed by atoms with Gasteiger partial charge >= 0.3 is 0 Å². The van der Waals surface area contributed by atoms with Crippen LogP contribution in [-0.2, 0) is 17.8 Å². The van der Waals surface area contributed by atoms with Crippen molar-refractivity contribution in [3.05, 3.63) is 45.9 Å². The Balaban J connectivity index is 1.53. The standard InChI is InChI=1S/C16H16N4O4/c17-16-18-10-7-20(6-5-9(10)14(21)19-16)15(22)13-8-23-11-3-1-2-4-12(11)24-13/h1-4,13H,5-8H2,(H3,17,18,19,21). The summed E-state index contributed by atoms with van der Waals surface area (Å²) < 4.78 is 11.3. The lowest BCUT2D eigenvalue weighted by molar-refractivity contribution is -0.142. The first-order chi connectivity index (χ1) is 11.6. The summed E-state index contributed by atoms with van der Waals surface area (Å²) >= 11 is 0. The Bertz CT molecular complexity index is 863. The van der Waals surface area contributed by atoms with Crippen molar-refractivity contribution in [3.8, 4) is 11.5 Å². The molecule has 0 bridgehead atoms. The van der Waals surface area contributed by atoms with E-state index < -0.39 is 6.10 Å². The van der Waals surface area contributed by atoms with Crippen molar-refractivity contribution in [1.29, 1.82) is 0 Å². The van der Waals surface area contributed by atoms with Gasteiger partial charge < -0.3 is 20.1 Å². The van der Waals surface area contributed by atoms with E-state index in [1.165, 1.54) is 0 Å². The van der Waals surface area contributed by atoms with Crippen LogP contribution in [0.5, 0.6) is 11.5 Å². The second-order valence-corrected chi connectivity index (χ2v) is 5.75. The molecule has 1 unspecified atom stereocenters. The molecule has 4 rings (SSSR count). The minimum absolute atomic E-state index is 0.0548. The van der Waals surface area contributed by atoms with Gasteiger partial charge in [-0.15, -0.1) is 0 Å². The van der Waals surface area contributed by atoms with E-state index in [9.17, 15) is 9.59 Å². The van der Waals surface area contributed by atoms with Gasteiger partial charge in [-0.05, 0) is 18.6 Å². The smallest absolute Gasteiger partial charge is 0.267 e. The predicted molar refractivity (Wildman–Crippen MR) is 84.7 cm³/mol. The number of hydrogen-bond acceptors (Lipinski definition) is 6.